The first-order chi connectivity index (χ1) is 7.15. The van der Waals surface area contributed by atoms with Gasteiger partial charge in [0.05, 0.1) is 11.9 Å². The lowest BCUT2D eigenvalue weighted by molar-refractivity contribution is 0.416. The van der Waals surface area contributed by atoms with Crippen LogP contribution in [0.1, 0.15) is 5.56 Å². The molecule has 1 rings (SSSR count). The average Bonchev–Trinajstić information content (AvgIpc) is 2.25. The first-order valence-corrected chi connectivity index (χ1v) is 5.53. The summed E-state index contributed by atoms with van der Waals surface area (Å²) in [6.07, 6.45) is 3.65. The highest BCUT2D eigenvalue weighted by molar-refractivity contribution is 6.17. The van der Waals surface area contributed by atoms with E-state index in [1.807, 2.05) is 12.3 Å². The number of pyridine rings is 1. The van der Waals surface area contributed by atoms with Crippen LogP contribution in [0.15, 0.2) is 18.5 Å². The summed E-state index contributed by atoms with van der Waals surface area (Å²) in [5.41, 5.74) is 2.25. The number of likely N-dealkylation sites (N-methyl/N-ethyl adjacent to an activating group) is 2. The molecule has 0 radical (unpaired) electrons. The fourth-order valence-corrected chi connectivity index (χ4v) is 1.57. The fraction of sp³-hybridized carbons (Fsp3) is 0.545. The molecule has 0 unspecified atom stereocenters. The number of alkyl halides is 1. The lowest BCUT2D eigenvalue weighted by atomic mass is 10.2. The van der Waals surface area contributed by atoms with Crippen molar-refractivity contribution in [2.24, 2.45) is 0 Å². The van der Waals surface area contributed by atoms with E-state index in [1.54, 1.807) is 6.20 Å². The number of anilines is 1. The van der Waals surface area contributed by atoms with Crippen molar-refractivity contribution in [3.05, 3.63) is 24.0 Å². The molecular formula is C11H18ClN3. The number of hydrogen-bond acceptors (Lipinski definition) is 3. The zero-order valence-corrected chi connectivity index (χ0v) is 10.3. The molecule has 0 aromatic carbocycles. The molecule has 84 valence electrons. The number of rotatable bonds is 5. The standard InChI is InChI=1S/C11H18ClN3/c1-14(2)6-7-15(3)11-9-13-5-4-10(11)8-12/h4-5,9H,6-8H2,1-3H3. The van der Waals surface area contributed by atoms with Gasteiger partial charge in [0.2, 0.25) is 0 Å². The van der Waals surface area contributed by atoms with E-state index in [9.17, 15) is 0 Å². The lowest BCUT2D eigenvalue weighted by Crippen LogP contribution is -2.29. The van der Waals surface area contributed by atoms with E-state index in [2.05, 4.69) is 35.9 Å². The molecule has 0 saturated carbocycles. The van der Waals surface area contributed by atoms with E-state index in [0.717, 1.165) is 24.3 Å². The van der Waals surface area contributed by atoms with Gasteiger partial charge in [-0.1, -0.05) is 0 Å². The normalized spacial score (nSPS) is 10.7. The highest BCUT2D eigenvalue weighted by Crippen LogP contribution is 2.19. The molecule has 15 heavy (non-hydrogen) atoms. The van der Waals surface area contributed by atoms with E-state index in [-0.39, 0.29) is 0 Å². The third-order valence-electron chi connectivity index (χ3n) is 2.33. The molecular weight excluding hydrogens is 210 g/mol. The van der Waals surface area contributed by atoms with E-state index >= 15 is 0 Å². The summed E-state index contributed by atoms with van der Waals surface area (Å²) in [6.45, 7) is 2.00. The predicted molar refractivity (Wildman–Crippen MR) is 65.6 cm³/mol. The Hall–Kier alpha value is -0.800. The van der Waals surface area contributed by atoms with Crippen LogP contribution in [0.5, 0.6) is 0 Å². The molecule has 0 atom stereocenters. The fourth-order valence-electron chi connectivity index (χ4n) is 1.34. The van der Waals surface area contributed by atoms with Crippen LogP contribution in [0.25, 0.3) is 0 Å². The van der Waals surface area contributed by atoms with Crippen LogP contribution < -0.4 is 4.90 Å². The molecule has 0 aliphatic carbocycles. The van der Waals surface area contributed by atoms with Gasteiger partial charge in [0, 0.05) is 32.2 Å². The van der Waals surface area contributed by atoms with Gasteiger partial charge < -0.3 is 9.80 Å². The largest absolute Gasteiger partial charge is 0.372 e. The maximum atomic E-state index is 5.87. The summed E-state index contributed by atoms with van der Waals surface area (Å²) in [4.78, 5) is 8.47. The molecule has 3 nitrogen and oxygen atoms in total. The van der Waals surface area contributed by atoms with Gasteiger partial charge in [-0.3, -0.25) is 4.98 Å². The van der Waals surface area contributed by atoms with Crippen molar-refractivity contribution in [3.63, 3.8) is 0 Å². The minimum Gasteiger partial charge on any atom is -0.372 e. The monoisotopic (exact) mass is 227 g/mol. The first-order valence-electron chi connectivity index (χ1n) is 5.00. The van der Waals surface area contributed by atoms with Gasteiger partial charge in [-0.25, -0.2) is 0 Å². The maximum absolute atomic E-state index is 5.87. The number of nitrogens with zero attached hydrogens (tertiary/aromatic N) is 3. The summed E-state index contributed by atoms with van der Waals surface area (Å²) in [7, 11) is 6.20. The van der Waals surface area contributed by atoms with Gasteiger partial charge in [-0.05, 0) is 25.7 Å². The molecule has 0 saturated heterocycles. The van der Waals surface area contributed by atoms with Gasteiger partial charge in [-0.15, -0.1) is 11.6 Å². The van der Waals surface area contributed by atoms with Gasteiger partial charge in [0.1, 0.15) is 0 Å². The molecule has 0 N–H and O–H groups in total. The highest BCUT2D eigenvalue weighted by Gasteiger charge is 2.06. The number of aromatic nitrogens is 1. The molecule has 4 heteroatoms. The molecule has 0 amide bonds. The second kappa shape index (κ2) is 5.93. The lowest BCUT2D eigenvalue weighted by Gasteiger charge is -2.23. The first kappa shape index (κ1) is 12.3. The van der Waals surface area contributed by atoms with Crippen LogP contribution in [-0.2, 0) is 5.88 Å². The topological polar surface area (TPSA) is 19.4 Å². The van der Waals surface area contributed by atoms with Crippen molar-refractivity contribution in [1.29, 1.82) is 0 Å². The Morgan fingerprint density at radius 2 is 2.00 bits per heavy atom. The molecule has 0 aliphatic heterocycles. The number of halogens is 1. The quantitative estimate of drug-likeness (QED) is 0.716. The van der Waals surface area contributed by atoms with Crippen LogP contribution in [0.3, 0.4) is 0 Å². The third-order valence-corrected chi connectivity index (χ3v) is 2.61. The Bertz CT molecular complexity index is 302. The minimum atomic E-state index is 0.532. The molecule has 0 fully saturated rings. The van der Waals surface area contributed by atoms with Crippen molar-refractivity contribution in [2.45, 2.75) is 5.88 Å². The molecule has 1 heterocycles. The van der Waals surface area contributed by atoms with Crippen molar-refractivity contribution < 1.29 is 0 Å². The SMILES string of the molecule is CN(C)CCN(C)c1cnccc1CCl. The van der Waals surface area contributed by atoms with E-state index in [0.29, 0.717) is 5.88 Å². The Kier molecular flexibility index (Phi) is 4.85. The average molecular weight is 228 g/mol. The minimum absolute atomic E-state index is 0.532. The van der Waals surface area contributed by atoms with Gasteiger partial charge in [0.15, 0.2) is 0 Å². The van der Waals surface area contributed by atoms with Crippen LogP contribution in [0.2, 0.25) is 0 Å². The van der Waals surface area contributed by atoms with Crippen molar-refractivity contribution >= 4 is 17.3 Å². The zero-order valence-electron chi connectivity index (χ0n) is 9.57. The summed E-state index contributed by atoms with van der Waals surface area (Å²) >= 11 is 5.87. The highest BCUT2D eigenvalue weighted by atomic mass is 35.5. The van der Waals surface area contributed by atoms with Gasteiger partial charge in [0.25, 0.3) is 0 Å². The van der Waals surface area contributed by atoms with Crippen LogP contribution in [0, 0.1) is 0 Å². The second-order valence-electron chi connectivity index (χ2n) is 3.86. The molecule has 0 spiro atoms. The maximum Gasteiger partial charge on any atom is 0.0595 e. The molecule has 0 aliphatic rings. The van der Waals surface area contributed by atoms with E-state index in [4.69, 9.17) is 11.6 Å². The van der Waals surface area contributed by atoms with Crippen molar-refractivity contribution in [2.75, 3.05) is 39.1 Å². The van der Waals surface area contributed by atoms with Gasteiger partial charge in [-0.2, -0.15) is 0 Å². The van der Waals surface area contributed by atoms with Crippen LogP contribution in [0.4, 0.5) is 5.69 Å². The summed E-state index contributed by atoms with van der Waals surface area (Å²) in [5, 5.41) is 0. The Morgan fingerprint density at radius 3 is 2.60 bits per heavy atom. The number of hydrogen-bond donors (Lipinski definition) is 0. The van der Waals surface area contributed by atoms with Crippen LogP contribution in [-0.4, -0.2) is 44.1 Å². The Balaban J connectivity index is 2.68. The van der Waals surface area contributed by atoms with E-state index in [1.165, 1.54) is 0 Å². The molecule has 0 bridgehead atoms. The van der Waals surface area contributed by atoms with Crippen molar-refractivity contribution in [1.82, 2.24) is 9.88 Å². The summed E-state index contributed by atoms with van der Waals surface area (Å²) in [6, 6.07) is 1.97. The smallest absolute Gasteiger partial charge is 0.0595 e. The van der Waals surface area contributed by atoms with E-state index < -0.39 is 0 Å². The van der Waals surface area contributed by atoms with Crippen molar-refractivity contribution in [3.8, 4) is 0 Å². The Morgan fingerprint density at radius 1 is 1.27 bits per heavy atom. The second-order valence-corrected chi connectivity index (χ2v) is 4.13. The third kappa shape index (κ3) is 3.68. The Labute approximate surface area is 96.7 Å². The predicted octanol–water partition coefficient (Wildman–Crippen LogP) is 1.82. The zero-order chi connectivity index (χ0) is 11.3. The molecule has 1 aromatic rings. The van der Waals surface area contributed by atoms with Gasteiger partial charge >= 0.3 is 0 Å². The molecule has 1 aromatic heterocycles. The summed E-state index contributed by atoms with van der Waals surface area (Å²) < 4.78 is 0. The summed E-state index contributed by atoms with van der Waals surface area (Å²) in [5.74, 6) is 0.532. The van der Waals surface area contributed by atoms with Crippen LogP contribution >= 0.6 is 11.6 Å².